The second-order valence-electron chi connectivity index (χ2n) is 8.38. The summed E-state index contributed by atoms with van der Waals surface area (Å²) in [6.45, 7) is 4.91. The molecule has 36 heavy (non-hydrogen) atoms. The van der Waals surface area contributed by atoms with Crippen LogP contribution in [0.5, 0.6) is 5.75 Å². The van der Waals surface area contributed by atoms with E-state index in [1.807, 2.05) is 24.3 Å². The molecule has 0 atom stereocenters. The lowest BCUT2D eigenvalue weighted by Gasteiger charge is -2.17. The van der Waals surface area contributed by atoms with Crippen molar-refractivity contribution in [1.29, 1.82) is 0 Å². The molecule has 4 aromatic rings. The van der Waals surface area contributed by atoms with Gasteiger partial charge in [-0.1, -0.05) is 49.7 Å². The second-order valence-corrected chi connectivity index (χ2v) is 8.78. The number of hydrogen-bond donors (Lipinski definition) is 0. The minimum atomic E-state index is -0.690. The molecule has 0 saturated heterocycles. The molecular formula is C26H23ClFN5O3. The molecule has 8 nitrogen and oxygen atoms in total. The van der Waals surface area contributed by atoms with Gasteiger partial charge in [0, 0.05) is 23.2 Å². The van der Waals surface area contributed by atoms with Crippen molar-refractivity contribution < 1.29 is 13.9 Å². The summed E-state index contributed by atoms with van der Waals surface area (Å²) in [5, 5.41) is 8.43. The molecule has 10 heteroatoms. The third-order valence-electron chi connectivity index (χ3n) is 5.45. The normalized spacial score (nSPS) is 11.4. The van der Waals surface area contributed by atoms with Crippen molar-refractivity contribution in [1.82, 2.24) is 24.5 Å². The number of rotatable bonds is 6. The highest BCUT2D eigenvalue weighted by Gasteiger charge is 2.26. The first-order chi connectivity index (χ1) is 17.2. The Morgan fingerprint density at radius 2 is 1.83 bits per heavy atom. The van der Waals surface area contributed by atoms with Crippen LogP contribution in [0, 0.1) is 18.7 Å². The molecule has 2 aromatic carbocycles. The summed E-state index contributed by atoms with van der Waals surface area (Å²) in [5.41, 5.74) is 1.33. The van der Waals surface area contributed by atoms with E-state index in [-0.39, 0.29) is 33.2 Å². The minimum Gasteiger partial charge on any atom is -0.423 e. The molecule has 0 aliphatic carbocycles. The molecule has 0 aliphatic heterocycles. The molecule has 0 N–H and O–H groups in total. The smallest absolute Gasteiger partial charge is 0.313 e. The van der Waals surface area contributed by atoms with Gasteiger partial charge in [0.25, 0.3) is 5.56 Å². The maximum absolute atomic E-state index is 15.4. The van der Waals surface area contributed by atoms with Crippen molar-refractivity contribution in [3.8, 4) is 22.6 Å². The highest BCUT2D eigenvalue weighted by Crippen LogP contribution is 2.37. The zero-order valence-electron chi connectivity index (χ0n) is 20.1. The second kappa shape index (κ2) is 10.2. The molecule has 0 spiro atoms. The quantitative estimate of drug-likeness (QED) is 0.273. The Balaban J connectivity index is 1.84. The molecule has 2 heterocycles. The standard InChI is InChI=1S/C26H23ClFN5O3/c1-15(2)26(35)36-24-16(3)31-32(4)25(34)23(24)22-19(20(27)11-12-21(22)28)10-7-17-5-8-18(9-6-17)33-14-29-13-30-33/h5-15H,1-4H3/b10-7+. The summed E-state index contributed by atoms with van der Waals surface area (Å²) < 4.78 is 23.6. The van der Waals surface area contributed by atoms with Gasteiger partial charge in [-0.2, -0.15) is 10.2 Å². The molecule has 2 aromatic heterocycles. The minimum absolute atomic E-state index is 0.0735. The van der Waals surface area contributed by atoms with E-state index in [0.717, 1.165) is 15.9 Å². The fourth-order valence-electron chi connectivity index (χ4n) is 3.56. The fourth-order valence-corrected chi connectivity index (χ4v) is 3.78. The van der Waals surface area contributed by atoms with Crippen LogP contribution < -0.4 is 10.3 Å². The number of carbonyl (C=O) groups is 1. The summed E-state index contributed by atoms with van der Waals surface area (Å²) in [6.07, 6.45) is 6.39. The first-order valence-electron chi connectivity index (χ1n) is 11.1. The number of hydrogen-bond acceptors (Lipinski definition) is 6. The molecule has 0 aliphatic rings. The topological polar surface area (TPSA) is 91.9 Å². The van der Waals surface area contributed by atoms with Gasteiger partial charge in [0.15, 0.2) is 5.75 Å². The van der Waals surface area contributed by atoms with Crippen LogP contribution in [0.4, 0.5) is 4.39 Å². The average molecular weight is 508 g/mol. The number of nitrogens with zero attached hydrogens (tertiary/aromatic N) is 5. The van der Waals surface area contributed by atoms with Crippen molar-refractivity contribution in [3.63, 3.8) is 0 Å². The van der Waals surface area contributed by atoms with E-state index in [9.17, 15) is 9.59 Å². The number of carbonyl (C=O) groups excluding carboxylic acids is 1. The van der Waals surface area contributed by atoms with Crippen molar-refractivity contribution >= 4 is 29.7 Å². The first-order valence-corrected chi connectivity index (χ1v) is 11.5. The largest absolute Gasteiger partial charge is 0.423 e. The zero-order valence-corrected chi connectivity index (χ0v) is 20.8. The van der Waals surface area contributed by atoms with Gasteiger partial charge in [-0.15, -0.1) is 0 Å². The number of aryl methyl sites for hydroxylation is 2. The fraction of sp³-hybridized carbons (Fsp3) is 0.192. The van der Waals surface area contributed by atoms with E-state index < -0.39 is 23.3 Å². The molecule has 0 unspecified atom stereocenters. The van der Waals surface area contributed by atoms with E-state index in [1.54, 1.807) is 43.9 Å². The number of halogens is 2. The average Bonchev–Trinajstić information content (AvgIpc) is 3.39. The summed E-state index contributed by atoms with van der Waals surface area (Å²) in [4.78, 5) is 29.5. The van der Waals surface area contributed by atoms with Crippen LogP contribution in [0.25, 0.3) is 29.0 Å². The summed E-state index contributed by atoms with van der Waals surface area (Å²) in [6, 6.07) is 10.00. The Morgan fingerprint density at radius 3 is 2.47 bits per heavy atom. The highest BCUT2D eigenvalue weighted by molar-refractivity contribution is 6.32. The predicted octanol–water partition coefficient (Wildman–Crippen LogP) is 4.86. The molecule has 0 bridgehead atoms. The van der Waals surface area contributed by atoms with Crippen LogP contribution >= 0.6 is 11.6 Å². The van der Waals surface area contributed by atoms with Gasteiger partial charge in [0.05, 0.1) is 17.2 Å². The number of aromatic nitrogens is 5. The molecule has 0 radical (unpaired) electrons. The maximum Gasteiger partial charge on any atom is 0.313 e. The molecule has 184 valence electrons. The van der Waals surface area contributed by atoms with Gasteiger partial charge >= 0.3 is 5.97 Å². The number of benzene rings is 2. The van der Waals surface area contributed by atoms with E-state index in [2.05, 4.69) is 15.2 Å². The first kappa shape index (κ1) is 25.0. The van der Waals surface area contributed by atoms with Gasteiger partial charge in [0.2, 0.25) is 0 Å². The lowest BCUT2D eigenvalue weighted by atomic mass is 9.97. The summed E-state index contributed by atoms with van der Waals surface area (Å²) in [7, 11) is 1.45. The van der Waals surface area contributed by atoms with E-state index in [0.29, 0.717) is 0 Å². The van der Waals surface area contributed by atoms with E-state index >= 15 is 4.39 Å². The Kier molecular flexibility index (Phi) is 7.12. The van der Waals surface area contributed by atoms with Crippen LogP contribution in [0.2, 0.25) is 5.02 Å². The van der Waals surface area contributed by atoms with Crippen LogP contribution in [0.1, 0.15) is 30.7 Å². The maximum atomic E-state index is 15.4. The van der Waals surface area contributed by atoms with Crippen molar-refractivity contribution in [2.75, 3.05) is 0 Å². The van der Waals surface area contributed by atoms with Crippen molar-refractivity contribution in [2.24, 2.45) is 13.0 Å². The predicted molar refractivity (Wildman–Crippen MR) is 135 cm³/mol. The van der Waals surface area contributed by atoms with Crippen molar-refractivity contribution in [3.05, 3.63) is 87.1 Å². The Bertz CT molecular complexity index is 1510. The van der Waals surface area contributed by atoms with Crippen LogP contribution in [-0.4, -0.2) is 30.5 Å². The Labute approximate surface area is 211 Å². The number of ether oxygens (including phenoxy) is 1. The third-order valence-corrected chi connectivity index (χ3v) is 5.78. The number of esters is 1. The zero-order chi connectivity index (χ0) is 26.0. The van der Waals surface area contributed by atoms with Gasteiger partial charge in [-0.05, 0) is 36.8 Å². The van der Waals surface area contributed by atoms with Gasteiger partial charge in [-0.25, -0.2) is 18.7 Å². The van der Waals surface area contributed by atoms with Crippen LogP contribution in [0.15, 0.2) is 53.8 Å². The highest BCUT2D eigenvalue weighted by atomic mass is 35.5. The van der Waals surface area contributed by atoms with Gasteiger partial charge in [0.1, 0.15) is 24.2 Å². The Hall–Kier alpha value is -4.11. The molecular weight excluding hydrogens is 485 g/mol. The van der Waals surface area contributed by atoms with E-state index in [1.165, 1.54) is 25.5 Å². The molecule has 0 fully saturated rings. The van der Waals surface area contributed by atoms with Gasteiger partial charge < -0.3 is 4.74 Å². The lowest BCUT2D eigenvalue weighted by Crippen LogP contribution is -2.26. The molecule has 4 rings (SSSR count). The monoisotopic (exact) mass is 507 g/mol. The van der Waals surface area contributed by atoms with Crippen molar-refractivity contribution in [2.45, 2.75) is 20.8 Å². The molecule has 0 amide bonds. The summed E-state index contributed by atoms with van der Waals surface area (Å²) >= 11 is 6.48. The molecule has 0 saturated carbocycles. The van der Waals surface area contributed by atoms with Crippen LogP contribution in [-0.2, 0) is 11.8 Å². The third kappa shape index (κ3) is 4.96. The Morgan fingerprint density at radius 1 is 1.11 bits per heavy atom. The van der Waals surface area contributed by atoms with Crippen LogP contribution in [0.3, 0.4) is 0 Å². The lowest BCUT2D eigenvalue weighted by molar-refractivity contribution is -0.137. The SMILES string of the molecule is Cc1nn(C)c(=O)c(-c2c(F)ccc(Cl)c2/C=C/c2ccc(-n3cncn3)cc2)c1OC(=O)C(C)C. The van der Waals surface area contributed by atoms with Gasteiger partial charge in [-0.3, -0.25) is 9.59 Å². The van der Waals surface area contributed by atoms with E-state index in [4.69, 9.17) is 16.3 Å². The summed E-state index contributed by atoms with van der Waals surface area (Å²) in [5.74, 6) is -1.82.